The number of ether oxygens (including phenoxy) is 2. The van der Waals surface area contributed by atoms with Gasteiger partial charge in [0.2, 0.25) is 6.17 Å². The number of nitrogens with zero attached hydrogens (tertiary/aromatic N) is 1. The first-order valence-corrected chi connectivity index (χ1v) is 7.74. The van der Waals surface area contributed by atoms with Crippen molar-refractivity contribution in [2.45, 2.75) is 45.4 Å². The van der Waals surface area contributed by atoms with E-state index in [1.807, 2.05) is 0 Å². The fourth-order valence-corrected chi connectivity index (χ4v) is 3.30. The summed E-state index contributed by atoms with van der Waals surface area (Å²) in [6.45, 7) is 7.45. The van der Waals surface area contributed by atoms with Gasteiger partial charge in [-0.1, -0.05) is 0 Å². The molecule has 2 aliphatic rings. The highest BCUT2D eigenvalue weighted by Crippen LogP contribution is 2.27. The predicted molar refractivity (Wildman–Crippen MR) is 74.2 cm³/mol. The van der Waals surface area contributed by atoms with Crippen LogP contribution in [0.25, 0.3) is 0 Å². The van der Waals surface area contributed by atoms with Crippen LogP contribution >= 0.6 is 0 Å². The largest absolute Gasteiger partial charge is 0.464 e. The van der Waals surface area contributed by atoms with Crippen LogP contribution in [0.2, 0.25) is 0 Å². The van der Waals surface area contributed by atoms with Crippen LogP contribution in [0.15, 0.2) is 0 Å². The van der Waals surface area contributed by atoms with Crippen LogP contribution in [0, 0.1) is 11.8 Å². The molecule has 4 nitrogen and oxygen atoms in total. The molecule has 2 rings (SSSR count). The Labute approximate surface area is 120 Å². The first-order chi connectivity index (χ1) is 9.60. The van der Waals surface area contributed by atoms with Crippen molar-refractivity contribution in [1.29, 1.82) is 0 Å². The van der Waals surface area contributed by atoms with Crippen molar-refractivity contribution in [3.63, 3.8) is 0 Å². The van der Waals surface area contributed by atoms with Crippen molar-refractivity contribution in [3.05, 3.63) is 0 Å². The average molecular weight is 287 g/mol. The fourth-order valence-electron chi connectivity index (χ4n) is 3.30. The monoisotopic (exact) mass is 287 g/mol. The van der Waals surface area contributed by atoms with Gasteiger partial charge in [0.25, 0.3) is 0 Å². The molecule has 2 heterocycles. The van der Waals surface area contributed by atoms with E-state index in [1.165, 1.54) is 0 Å². The number of hydrogen-bond acceptors (Lipinski definition) is 4. The molecule has 5 heteroatoms. The number of hydrogen-bond donors (Lipinski definition) is 0. The van der Waals surface area contributed by atoms with Gasteiger partial charge in [-0.15, -0.1) is 0 Å². The van der Waals surface area contributed by atoms with Crippen LogP contribution in [0.4, 0.5) is 4.39 Å². The normalized spacial score (nSPS) is 33.0. The molecule has 0 aromatic carbocycles. The van der Waals surface area contributed by atoms with E-state index in [9.17, 15) is 9.18 Å². The lowest BCUT2D eigenvalue weighted by Crippen LogP contribution is -2.35. The van der Waals surface area contributed by atoms with E-state index in [2.05, 4.69) is 11.8 Å². The Morgan fingerprint density at radius 3 is 3.00 bits per heavy atom. The van der Waals surface area contributed by atoms with Gasteiger partial charge in [-0.05, 0) is 45.6 Å². The number of alkyl halides is 1. The second kappa shape index (κ2) is 7.36. The SMILES string of the molecule is CCOC(=O)C(F)C1CCN(CC2CCOC(C)C2)C1. The van der Waals surface area contributed by atoms with Crippen LogP contribution in [-0.4, -0.2) is 56.0 Å². The van der Waals surface area contributed by atoms with Crippen LogP contribution in [0.1, 0.15) is 33.1 Å². The van der Waals surface area contributed by atoms with Crippen LogP contribution < -0.4 is 0 Å². The second-order valence-electron chi connectivity index (χ2n) is 6.03. The van der Waals surface area contributed by atoms with Gasteiger partial charge >= 0.3 is 5.97 Å². The van der Waals surface area contributed by atoms with E-state index in [0.717, 1.165) is 39.0 Å². The maximum absolute atomic E-state index is 14.0. The third-order valence-corrected chi connectivity index (χ3v) is 4.34. The quantitative estimate of drug-likeness (QED) is 0.725. The van der Waals surface area contributed by atoms with Crippen molar-refractivity contribution < 1.29 is 18.7 Å². The Morgan fingerprint density at radius 2 is 2.30 bits per heavy atom. The Kier molecular flexibility index (Phi) is 5.78. The highest BCUT2D eigenvalue weighted by atomic mass is 19.1. The molecule has 0 spiro atoms. The topological polar surface area (TPSA) is 38.8 Å². The third-order valence-electron chi connectivity index (χ3n) is 4.34. The summed E-state index contributed by atoms with van der Waals surface area (Å²) in [4.78, 5) is 13.7. The van der Waals surface area contributed by atoms with E-state index in [1.54, 1.807) is 6.92 Å². The smallest absolute Gasteiger partial charge is 0.341 e. The number of carbonyl (C=O) groups excluding carboxylic acids is 1. The summed E-state index contributed by atoms with van der Waals surface area (Å²) in [5.74, 6) is -0.261. The molecule has 0 amide bonds. The zero-order valence-corrected chi connectivity index (χ0v) is 12.5. The molecule has 0 aromatic rings. The maximum atomic E-state index is 14.0. The standard InChI is InChI=1S/C15H26FNO3/c1-3-19-15(18)14(16)13-4-6-17(10-13)9-12-5-7-20-11(2)8-12/h11-14H,3-10H2,1-2H3. The summed E-state index contributed by atoms with van der Waals surface area (Å²) in [6.07, 6.45) is 1.79. The first-order valence-electron chi connectivity index (χ1n) is 7.74. The van der Waals surface area contributed by atoms with Crippen molar-refractivity contribution in [3.8, 4) is 0 Å². The first kappa shape index (κ1) is 15.7. The summed E-state index contributed by atoms with van der Waals surface area (Å²) in [5, 5.41) is 0. The molecule has 20 heavy (non-hydrogen) atoms. The summed E-state index contributed by atoms with van der Waals surface area (Å²) < 4.78 is 24.3. The maximum Gasteiger partial charge on any atom is 0.341 e. The number of halogens is 1. The van der Waals surface area contributed by atoms with Crippen LogP contribution in [0.5, 0.6) is 0 Å². The van der Waals surface area contributed by atoms with Gasteiger partial charge in [0, 0.05) is 25.6 Å². The molecule has 0 radical (unpaired) electrons. The summed E-state index contributed by atoms with van der Waals surface area (Å²) in [5.41, 5.74) is 0. The van der Waals surface area contributed by atoms with Crippen molar-refractivity contribution in [1.82, 2.24) is 4.90 Å². The van der Waals surface area contributed by atoms with Crippen molar-refractivity contribution in [2.24, 2.45) is 11.8 Å². The molecule has 0 bridgehead atoms. The predicted octanol–water partition coefficient (Wildman–Crippen LogP) is 2.02. The van der Waals surface area contributed by atoms with Crippen molar-refractivity contribution in [2.75, 3.05) is 32.8 Å². The van der Waals surface area contributed by atoms with Gasteiger partial charge in [0.15, 0.2) is 0 Å². The van der Waals surface area contributed by atoms with E-state index < -0.39 is 12.1 Å². The zero-order valence-electron chi connectivity index (χ0n) is 12.5. The molecule has 2 aliphatic heterocycles. The number of rotatable bonds is 5. The molecule has 0 N–H and O–H groups in total. The number of carbonyl (C=O) groups is 1. The molecule has 116 valence electrons. The van der Waals surface area contributed by atoms with Gasteiger partial charge in [0.05, 0.1) is 12.7 Å². The summed E-state index contributed by atoms with van der Waals surface area (Å²) in [6, 6.07) is 0. The third kappa shape index (κ3) is 4.16. The molecular weight excluding hydrogens is 261 g/mol. The molecule has 0 aliphatic carbocycles. The second-order valence-corrected chi connectivity index (χ2v) is 6.03. The lowest BCUT2D eigenvalue weighted by atomic mass is 9.96. The van der Waals surface area contributed by atoms with Gasteiger partial charge in [-0.2, -0.15) is 0 Å². The molecule has 2 saturated heterocycles. The number of likely N-dealkylation sites (tertiary alicyclic amines) is 1. The highest BCUT2D eigenvalue weighted by molar-refractivity contribution is 5.74. The lowest BCUT2D eigenvalue weighted by molar-refractivity contribution is -0.151. The lowest BCUT2D eigenvalue weighted by Gasteiger charge is -2.30. The summed E-state index contributed by atoms with van der Waals surface area (Å²) >= 11 is 0. The van der Waals surface area contributed by atoms with Gasteiger partial charge in [-0.3, -0.25) is 0 Å². The Balaban J connectivity index is 1.75. The van der Waals surface area contributed by atoms with Crippen molar-refractivity contribution >= 4 is 5.97 Å². The molecule has 0 saturated carbocycles. The highest BCUT2D eigenvalue weighted by Gasteiger charge is 2.35. The van der Waals surface area contributed by atoms with Gasteiger partial charge in [-0.25, -0.2) is 9.18 Å². The Morgan fingerprint density at radius 1 is 1.50 bits per heavy atom. The van der Waals surface area contributed by atoms with E-state index >= 15 is 0 Å². The average Bonchev–Trinajstić information content (AvgIpc) is 2.86. The minimum absolute atomic E-state index is 0.202. The minimum atomic E-state index is -1.46. The fraction of sp³-hybridized carbons (Fsp3) is 0.933. The van der Waals surface area contributed by atoms with E-state index in [0.29, 0.717) is 18.6 Å². The van der Waals surface area contributed by atoms with E-state index in [4.69, 9.17) is 9.47 Å². The Hall–Kier alpha value is -0.680. The van der Waals surface area contributed by atoms with Crippen LogP contribution in [-0.2, 0) is 14.3 Å². The molecule has 4 unspecified atom stereocenters. The van der Waals surface area contributed by atoms with E-state index in [-0.39, 0.29) is 12.5 Å². The number of esters is 1. The van der Waals surface area contributed by atoms with Crippen LogP contribution in [0.3, 0.4) is 0 Å². The van der Waals surface area contributed by atoms with Gasteiger partial charge in [0.1, 0.15) is 0 Å². The summed E-state index contributed by atoms with van der Waals surface area (Å²) in [7, 11) is 0. The molecule has 4 atom stereocenters. The molecular formula is C15H26FNO3. The Bertz CT molecular complexity index is 326. The zero-order chi connectivity index (χ0) is 14.5. The van der Waals surface area contributed by atoms with Gasteiger partial charge < -0.3 is 14.4 Å². The minimum Gasteiger partial charge on any atom is -0.464 e. The molecule has 2 fully saturated rings. The molecule has 0 aromatic heterocycles.